The summed E-state index contributed by atoms with van der Waals surface area (Å²) in [6.07, 6.45) is 7.56. The van der Waals surface area contributed by atoms with Gasteiger partial charge in [0, 0.05) is 24.0 Å². The quantitative estimate of drug-likeness (QED) is 0.847. The van der Waals surface area contributed by atoms with Crippen molar-refractivity contribution in [2.24, 2.45) is 11.7 Å². The smallest absolute Gasteiger partial charge is 0.221 e. The summed E-state index contributed by atoms with van der Waals surface area (Å²) in [5.74, 6) is 0.651. The van der Waals surface area contributed by atoms with Crippen molar-refractivity contribution >= 4 is 17.5 Å². The van der Waals surface area contributed by atoms with Crippen LogP contribution in [0.1, 0.15) is 44.1 Å². The van der Waals surface area contributed by atoms with Gasteiger partial charge in [-0.15, -0.1) is 0 Å². The summed E-state index contributed by atoms with van der Waals surface area (Å²) in [5, 5.41) is 3.95. The third-order valence-electron chi connectivity index (χ3n) is 4.31. The monoisotopic (exact) mass is 308 g/mol. The number of nitrogens with one attached hydrogen (secondary N) is 1. The molecule has 0 aliphatic heterocycles. The van der Waals surface area contributed by atoms with Crippen LogP contribution in [0.4, 0.5) is 0 Å². The highest BCUT2D eigenvalue weighted by molar-refractivity contribution is 6.30. The zero-order valence-electron chi connectivity index (χ0n) is 12.5. The minimum absolute atomic E-state index is 0.0713. The number of rotatable bonds is 6. The van der Waals surface area contributed by atoms with Gasteiger partial charge in [0.05, 0.1) is 0 Å². The lowest BCUT2D eigenvalue weighted by Crippen LogP contribution is -2.43. The van der Waals surface area contributed by atoms with E-state index in [0.29, 0.717) is 18.9 Å². The van der Waals surface area contributed by atoms with E-state index in [1.807, 2.05) is 24.3 Å². The number of carbonyl (C=O) groups is 1. The zero-order chi connectivity index (χ0) is 15.1. The molecule has 1 aromatic rings. The SMILES string of the molecule is NCCC(=O)NC(Cc1ccc(Cl)cc1)C1CCCCC1. The van der Waals surface area contributed by atoms with E-state index in [1.54, 1.807) is 0 Å². The predicted molar refractivity (Wildman–Crippen MR) is 87.3 cm³/mol. The Balaban J connectivity index is 2.02. The molecule has 1 amide bonds. The third-order valence-corrected chi connectivity index (χ3v) is 4.56. The van der Waals surface area contributed by atoms with E-state index in [4.69, 9.17) is 17.3 Å². The molecular weight excluding hydrogens is 284 g/mol. The van der Waals surface area contributed by atoms with Gasteiger partial charge in [0.1, 0.15) is 0 Å². The maximum Gasteiger partial charge on any atom is 0.221 e. The molecule has 1 unspecified atom stereocenters. The molecule has 116 valence electrons. The zero-order valence-corrected chi connectivity index (χ0v) is 13.2. The molecule has 1 saturated carbocycles. The lowest BCUT2D eigenvalue weighted by atomic mass is 9.81. The normalized spacial score (nSPS) is 17.4. The van der Waals surface area contributed by atoms with Crippen molar-refractivity contribution in [1.82, 2.24) is 5.32 Å². The van der Waals surface area contributed by atoms with Crippen molar-refractivity contribution in [2.45, 2.75) is 51.0 Å². The van der Waals surface area contributed by atoms with Gasteiger partial charge in [-0.05, 0) is 42.9 Å². The van der Waals surface area contributed by atoms with E-state index in [1.165, 1.54) is 37.7 Å². The van der Waals surface area contributed by atoms with E-state index < -0.39 is 0 Å². The second kappa shape index (κ2) is 8.40. The molecule has 0 bridgehead atoms. The minimum atomic E-state index is 0.0713. The molecule has 4 heteroatoms. The Hall–Kier alpha value is -1.06. The second-order valence-electron chi connectivity index (χ2n) is 5.94. The molecule has 3 N–H and O–H groups in total. The molecule has 1 fully saturated rings. The molecule has 1 aliphatic carbocycles. The van der Waals surface area contributed by atoms with Crippen LogP contribution >= 0.6 is 11.6 Å². The number of benzene rings is 1. The van der Waals surface area contributed by atoms with Crippen molar-refractivity contribution in [1.29, 1.82) is 0 Å². The van der Waals surface area contributed by atoms with Gasteiger partial charge in [-0.2, -0.15) is 0 Å². The first-order valence-electron chi connectivity index (χ1n) is 7.93. The Bertz CT molecular complexity index is 441. The van der Waals surface area contributed by atoms with E-state index >= 15 is 0 Å². The number of nitrogens with two attached hydrogens (primary N) is 1. The first kappa shape index (κ1) is 16.3. The molecule has 1 aromatic carbocycles. The Labute approximate surface area is 132 Å². The van der Waals surface area contributed by atoms with E-state index in [0.717, 1.165) is 11.4 Å². The van der Waals surface area contributed by atoms with E-state index in [9.17, 15) is 4.79 Å². The van der Waals surface area contributed by atoms with Gasteiger partial charge in [-0.25, -0.2) is 0 Å². The Morgan fingerprint density at radius 1 is 1.24 bits per heavy atom. The van der Waals surface area contributed by atoms with Gasteiger partial charge in [0.25, 0.3) is 0 Å². The first-order chi connectivity index (χ1) is 10.2. The standard InChI is InChI=1S/C17H25ClN2O/c18-15-8-6-13(7-9-15)12-16(20-17(21)10-11-19)14-4-2-1-3-5-14/h6-9,14,16H,1-5,10-12,19H2,(H,20,21). The van der Waals surface area contributed by atoms with Crippen molar-refractivity contribution in [3.8, 4) is 0 Å². The van der Waals surface area contributed by atoms with Crippen LogP contribution in [0.3, 0.4) is 0 Å². The maximum absolute atomic E-state index is 11.9. The summed E-state index contributed by atoms with van der Waals surface area (Å²) in [7, 11) is 0. The lowest BCUT2D eigenvalue weighted by molar-refractivity contribution is -0.122. The fourth-order valence-corrected chi connectivity index (χ4v) is 3.28. The highest BCUT2D eigenvalue weighted by Gasteiger charge is 2.25. The molecule has 0 radical (unpaired) electrons. The van der Waals surface area contributed by atoms with Crippen LogP contribution in [0, 0.1) is 5.92 Å². The van der Waals surface area contributed by atoms with Crippen LogP contribution in [0.5, 0.6) is 0 Å². The molecule has 0 saturated heterocycles. The fourth-order valence-electron chi connectivity index (χ4n) is 3.16. The molecular formula is C17H25ClN2O. The largest absolute Gasteiger partial charge is 0.353 e. The number of hydrogen-bond acceptors (Lipinski definition) is 2. The van der Waals surface area contributed by atoms with Crippen LogP contribution in [-0.2, 0) is 11.2 Å². The highest BCUT2D eigenvalue weighted by Crippen LogP contribution is 2.28. The number of halogens is 1. The van der Waals surface area contributed by atoms with Crippen LogP contribution in [-0.4, -0.2) is 18.5 Å². The van der Waals surface area contributed by atoms with Crippen LogP contribution in [0.25, 0.3) is 0 Å². The molecule has 1 atom stereocenters. The number of carbonyl (C=O) groups excluding carboxylic acids is 1. The van der Waals surface area contributed by atoms with Gasteiger partial charge in [-0.3, -0.25) is 4.79 Å². The van der Waals surface area contributed by atoms with E-state index in [-0.39, 0.29) is 11.9 Å². The van der Waals surface area contributed by atoms with Gasteiger partial charge < -0.3 is 11.1 Å². The summed E-state index contributed by atoms with van der Waals surface area (Å²) in [6.45, 7) is 0.407. The topological polar surface area (TPSA) is 55.1 Å². The van der Waals surface area contributed by atoms with E-state index in [2.05, 4.69) is 5.32 Å². The highest BCUT2D eigenvalue weighted by atomic mass is 35.5. The summed E-state index contributed by atoms with van der Waals surface area (Å²) in [6, 6.07) is 8.14. The molecule has 1 aliphatic rings. The van der Waals surface area contributed by atoms with Gasteiger partial charge in [-0.1, -0.05) is 43.0 Å². The average molecular weight is 309 g/mol. The van der Waals surface area contributed by atoms with Gasteiger partial charge >= 0.3 is 0 Å². The summed E-state index contributed by atoms with van der Waals surface area (Å²) in [4.78, 5) is 11.9. The molecule has 0 heterocycles. The van der Waals surface area contributed by atoms with Crippen LogP contribution < -0.4 is 11.1 Å². The number of amides is 1. The predicted octanol–water partition coefficient (Wildman–Crippen LogP) is 3.30. The van der Waals surface area contributed by atoms with Crippen LogP contribution in [0.15, 0.2) is 24.3 Å². The maximum atomic E-state index is 11.9. The summed E-state index contributed by atoms with van der Waals surface area (Å²) < 4.78 is 0. The third kappa shape index (κ3) is 5.33. The molecule has 21 heavy (non-hydrogen) atoms. The Morgan fingerprint density at radius 2 is 1.90 bits per heavy atom. The van der Waals surface area contributed by atoms with Crippen molar-refractivity contribution in [3.63, 3.8) is 0 Å². The van der Waals surface area contributed by atoms with Crippen molar-refractivity contribution in [2.75, 3.05) is 6.54 Å². The summed E-state index contributed by atoms with van der Waals surface area (Å²) >= 11 is 5.94. The number of hydrogen-bond donors (Lipinski definition) is 2. The molecule has 0 spiro atoms. The van der Waals surface area contributed by atoms with Gasteiger partial charge in [0.15, 0.2) is 0 Å². The van der Waals surface area contributed by atoms with Crippen molar-refractivity contribution in [3.05, 3.63) is 34.9 Å². The molecule has 3 nitrogen and oxygen atoms in total. The molecule has 0 aromatic heterocycles. The van der Waals surface area contributed by atoms with Crippen molar-refractivity contribution < 1.29 is 4.79 Å². The fraction of sp³-hybridized carbons (Fsp3) is 0.588. The first-order valence-corrected chi connectivity index (χ1v) is 8.30. The lowest BCUT2D eigenvalue weighted by Gasteiger charge is -2.31. The second-order valence-corrected chi connectivity index (χ2v) is 6.38. The van der Waals surface area contributed by atoms with Crippen LogP contribution in [0.2, 0.25) is 5.02 Å². The molecule has 2 rings (SSSR count). The Kier molecular flexibility index (Phi) is 6.52. The van der Waals surface area contributed by atoms with Gasteiger partial charge in [0.2, 0.25) is 5.91 Å². The minimum Gasteiger partial charge on any atom is -0.353 e. The summed E-state index contributed by atoms with van der Waals surface area (Å²) in [5.41, 5.74) is 6.70. The average Bonchev–Trinajstić information content (AvgIpc) is 2.50. The Morgan fingerprint density at radius 3 is 2.52 bits per heavy atom.